The molecule has 2 N–H and O–H groups in total. The third-order valence-electron chi connectivity index (χ3n) is 3.25. The van der Waals surface area contributed by atoms with E-state index in [-0.39, 0.29) is 10.9 Å². The summed E-state index contributed by atoms with van der Waals surface area (Å²) in [5, 5.41) is 5.92. The van der Waals surface area contributed by atoms with Gasteiger partial charge in [0.2, 0.25) is 5.91 Å². The molecule has 0 saturated carbocycles. The fourth-order valence-electron chi connectivity index (χ4n) is 1.96. The molecular formula is C17H18ClFN2O2. The van der Waals surface area contributed by atoms with E-state index in [2.05, 4.69) is 10.6 Å². The number of carbonyl (C=O) groups excluding carboxylic acids is 1. The molecule has 0 aromatic heterocycles. The molecular weight excluding hydrogens is 319 g/mol. The maximum absolute atomic E-state index is 13.0. The first kappa shape index (κ1) is 17.1. The molecule has 0 fully saturated rings. The third kappa shape index (κ3) is 5.45. The van der Waals surface area contributed by atoms with Crippen LogP contribution in [0.2, 0.25) is 5.02 Å². The fourth-order valence-corrected chi connectivity index (χ4v) is 2.14. The minimum absolute atomic E-state index is 0.0546. The van der Waals surface area contributed by atoms with E-state index in [1.807, 2.05) is 24.3 Å². The van der Waals surface area contributed by atoms with Gasteiger partial charge in [-0.2, -0.15) is 0 Å². The first-order valence-corrected chi connectivity index (χ1v) is 7.55. The summed E-state index contributed by atoms with van der Waals surface area (Å²) in [4.78, 5) is 11.8. The van der Waals surface area contributed by atoms with Crippen LogP contribution >= 0.6 is 11.6 Å². The molecule has 0 aliphatic carbocycles. The molecule has 0 aliphatic rings. The lowest BCUT2D eigenvalue weighted by Crippen LogP contribution is -2.24. The van der Waals surface area contributed by atoms with Crippen molar-refractivity contribution < 1.29 is 13.9 Å². The number of methoxy groups -OCH3 is 1. The molecule has 0 aliphatic heterocycles. The molecule has 4 nitrogen and oxygen atoms in total. The molecule has 2 aromatic carbocycles. The van der Waals surface area contributed by atoms with Gasteiger partial charge in [0, 0.05) is 25.2 Å². The van der Waals surface area contributed by atoms with Crippen molar-refractivity contribution in [2.24, 2.45) is 0 Å². The first-order valence-electron chi connectivity index (χ1n) is 7.17. The zero-order valence-electron chi connectivity index (χ0n) is 12.7. The molecule has 0 heterocycles. The summed E-state index contributed by atoms with van der Waals surface area (Å²) >= 11 is 5.69. The van der Waals surface area contributed by atoms with E-state index < -0.39 is 5.82 Å². The summed E-state index contributed by atoms with van der Waals surface area (Å²) in [6.45, 7) is 0.904. The Bertz CT molecular complexity index is 662. The maximum Gasteiger partial charge on any atom is 0.222 e. The highest BCUT2D eigenvalue weighted by Crippen LogP contribution is 2.19. The Balaban J connectivity index is 1.71. The summed E-state index contributed by atoms with van der Waals surface area (Å²) in [7, 11) is 1.61. The van der Waals surface area contributed by atoms with Crippen LogP contribution in [0, 0.1) is 5.82 Å². The fraction of sp³-hybridized carbons (Fsp3) is 0.235. The second-order valence-electron chi connectivity index (χ2n) is 4.93. The molecule has 0 atom stereocenters. The highest BCUT2D eigenvalue weighted by molar-refractivity contribution is 6.31. The summed E-state index contributed by atoms with van der Waals surface area (Å²) < 4.78 is 18.1. The third-order valence-corrected chi connectivity index (χ3v) is 3.54. The van der Waals surface area contributed by atoms with Crippen molar-refractivity contribution in [3.05, 3.63) is 58.9 Å². The van der Waals surface area contributed by atoms with Crippen molar-refractivity contribution in [3.63, 3.8) is 0 Å². The van der Waals surface area contributed by atoms with Crippen molar-refractivity contribution in [1.82, 2.24) is 5.32 Å². The minimum atomic E-state index is -0.463. The summed E-state index contributed by atoms with van der Waals surface area (Å²) in [6, 6.07) is 11.9. The SMILES string of the molecule is COc1ccc(CNC(=O)CCNc2ccc(F)c(Cl)c2)cc1. The Hall–Kier alpha value is -2.27. The molecule has 6 heteroatoms. The second-order valence-corrected chi connectivity index (χ2v) is 5.34. The maximum atomic E-state index is 13.0. The van der Waals surface area contributed by atoms with Crippen molar-refractivity contribution >= 4 is 23.2 Å². The Labute approximate surface area is 139 Å². The zero-order chi connectivity index (χ0) is 16.7. The van der Waals surface area contributed by atoms with Crippen LogP contribution < -0.4 is 15.4 Å². The Morgan fingerprint density at radius 2 is 1.96 bits per heavy atom. The van der Waals surface area contributed by atoms with E-state index >= 15 is 0 Å². The number of rotatable bonds is 7. The van der Waals surface area contributed by atoms with Gasteiger partial charge in [-0.3, -0.25) is 4.79 Å². The number of amides is 1. The number of anilines is 1. The van der Waals surface area contributed by atoms with Crippen LogP contribution in [-0.4, -0.2) is 19.6 Å². The van der Waals surface area contributed by atoms with Crippen molar-refractivity contribution in [2.75, 3.05) is 19.0 Å². The summed E-state index contributed by atoms with van der Waals surface area (Å²) in [6.07, 6.45) is 0.311. The van der Waals surface area contributed by atoms with Crippen LogP contribution in [0.5, 0.6) is 5.75 Å². The standard InChI is InChI=1S/C17H18ClFN2O2/c1-23-14-5-2-12(3-6-14)11-21-17(22)8-9-20-13-4-7-16(19)15(18)10-13/h2-7,10,20H,8-9,11H2,1H3,(H,21,22). The van der Waals surface area contributed by atoms with Crippen molar-refractivity contribution in [3.8, 4) is 5.75 Å². The van der Waals surface area contributed by atoms with Gasteiger partial charge in [-0.15, -0.1) is 0 Å². The zero-order valence-corrected chi connectivity index (χ0v) is 13.5. The largest absolute Gasteiger partial charge is 0.497 e. The number of nitrogens with one attached hydrogen (secondary N) is 2. The number of ether oxygens (including phenoxy) is 1. The molecule has 1 amide bonds. The number of carbonyl (C=O) groups is 1. The highest BCUT2D eigenvalue weighted by Gasteiger charge is 2.03. The normalized spacial score (nSPS) is 10.2. The van der Waals surface area contributed by atoms with Gasteiger partial charge in [-0.1, -0.05) is 23.7 Å². The lowest BCUT2D eigenvalue weighted by atomic mass is 10.2. The molecule has 0 unspecified atom stereocenters. The number of halogens is 2. The minimum Gasteiger partial charge on any atom is -0.497 e. The predicted molar refractivity (Wildman–Crippen MR) is 89.4 cm³/mol. The smallest absolute Gasteiger partial charge is 0.222 e. The monoisotopic (exact) mass is 336 g/mol. The quantitative estimate of drug-likeness (QED) is 0.812. The highest BCUT2D eigenvalue weighted by atomic mass is 35.5. The van der Waals surface area contributed by atoms with Gasteiger partial charge in [0.1, 0.15) is 11.6 Å². The van der Waals surface area contributed by atoms with Crippen LogP contribution in [0.25, 0.3) is 0 Å². The summed E-state index contributed by atoms with van der Waals surface area (Å²) in [5.41, 5.74) is 1.68. The second kappa shape index (κ2) is 8.39. The van der Waals surface area contributed by atoms with E-state index in [4.69, 9.17) is 16.3 Å². The topological polar surface area (TPSA) is 50.4 Å². The average molecular weight is 337 g/mol. The van der Waals surface area contributed by atoms with E-state index in [0.717, 1.165) is 11.3 Å². The molecule has 0 bridgehead atoms. The molecule has 2 rings (SSSR count). The van der Waals surface area contributed by atoms with Gasteiger partial charge in [-0.05, 0) is 35.9 Å². The van der Waals surface area contributed by atoms with Crippen LogP contribution in [0.3, 0.4) is 0 Å². The molecule has 122 valence electrons. The van der Waals surface area contributed by atoms with E-state index in [1.165, 1.54) is 12.1 Å². The molecule has 23 heavy (non-hydrogen) atoms. The Morgan fingerprint density at radius 1 is 1.22 bits per heavy atom. The van der Waals surface area contributed by atoms with Crippen LogP contribution in [-0.2, 0) is 11.3 Å². The van der Waals surface area contributed by atoms with Crippen LogP contribution in [0.4, 0.5) is 10.1 Å². The molecule has 0 spiro atoms. The van der Waals surface area contributed by atoms with Gasteiger partial charge in [-0.25, -0.2) is 4.39 Å². The number of hydrogen-bond donors (Lipinski definition) is 2. The lowest BCUT2D eigenvalue weighted by molar-refractivity contribution is -0.121. The van der Waals surface area contributed by atoms with Crippen LogP contribution in [0.1, 0.15) is 12.0 Å². The van der Waals surface area contributed by atoms with Gasteiger partial charge in [0.15, 0.2) is 0 Å². The average Bonchev–Trinajstić information content (AvgIpc) is 2.56. The van der Waals surface area contributed by atoms with E-state index in [9.17, 15) is 9.18 Å². The van der Waals surface area contributed by atoms with E-state index in [0.29, 0.717) is 25.2 Å². The Kier molecular flexibility index (Phi) is 6.23. The van der Waals surface area contributed by atoms with Gasteiger partial charge in [0.25, 0.3) is 0 Å². The predicted octanol–water partition coefficient (Wildman–Crippen LogP) is 3.61. The Morgan fingerprint density at radius 3 is 2.61 bits per heavy atom. The van der Waals surface area contributed by atoms with Gasteiger partial charge >= 0.3 is 0 Å². The van der Waals surface area contributed by atoms with Crippen molar-refractivity contribution in [2.45, 2.75) is 13.0 Å². The van der Waals surface area contributed by atoms with Crippen molar-refractivity contribution in [1.29, 1.82) is 0 Å². The number of benzene rings is 2. The molecule has 2 aromatic rings. The lowest BCUT2D eigenvalue weighted by Gasteiger charge is -2.08. The molecule has 0 saturated heterocycles. The van der Waals surface area contributed by atoms with Crippen LogP contribution in [0.15, 0.2) is 42.5 Å². The summed E-state index contributed by atoms with van der Waals surface area (Å²) in [5.74, 6) is 0.248. The molecule has 0 radical (unpaired) electrons. The first-order chi connectivity index (χ1) is 11.1. The number of hydrogen-bond acceptors (Lipinski definition) is 3. The van der Waals surface area contributed by atoms with Gasteiger partial charge < -0.3 is 15.4 Å². The van der Waals surface area contributed by atoms with Gasteiger partial charge in [0.05, 0.1) is 12.1 Å². The van der Waals surface area contributed by atoms with E-state index in [1.54, 1.807) is 13.2 Å².